The third-order valence-corrected chi connectivity index (χ3v) is 2.91. The number of carbonyl (C=O) groups excluding carboxylic acids is 1. The van der Waals surface area contributed by atoms with Crippen molar-refractivity contribution in [1.82, 2.24) is 5.32 Å². The normalized spacial score (nSPS) is 24.2. The third-order valence-electron chi connectivity index (χ3n) is 2.91. The van der Waals surface area contributed by atoms with Crippen LogP contribution >= 0.6 is 0 Å². The van der Waals surface area contributed by atoms with Crippen LogP contribution in [-0.4, -0.2) is 25.7 Å². The second-order valence-electron chi connectivity index (χ2n) is 4.27. The van der Waals surface area contributed by atoms with E-state index in [-0.39, 0.29) is 7.33 Å². The summed E-state index contributed by atoms with van der Waals surface area (Å²) in [6, 6.07) is 0.413. The number of rotatable bonds is 4. The Morgan fingerprint density at radius 2 is 1.88 bits per heavy atom. The maximum absolute atomic E-state index is 11.4. The topological polar surface area (TPSA) is 38.3 Å². The molecule has 0 unspecified atom stereocenters. The van der Waals surface area contributed by atoms with Gasteiger partial charge in [0.15, 0.2) is 0 Å². The van der Waals surface area contributed by atoms with Crippen LogP contribution in [0.1, 0.15) is 54.3 Å². The van der Waals surface area contributed by atoms with E-state index in [2.05, 4.69) is 12.2 Å². The lowest BCUT2D eigenvalue weighted by atomic mass is 9.87. The van der Waals surface area contributed by atoms with E-state index in [1.807, 2.05) is 13.8 Å². The number of methoxy groups -OCH3 is 1. The van der Waals surface area contributed by atoms with Crippen molar-refractivity contribution < 1.29 is 11.0 Å². The van der Waals surface area contributed by atoms with E-state index in [1.165, 1.54) is 12.8 Å². The zero-order valence-corrected chi connectivity index (χ0v) is 11.2. The summed E-state index contributed by atoms with van der Waals surface area (Å²) in [5.41, 5.74) is 0. The monoisotopic (exact) mass is 231 g/mol. The van der Waals surface area contributed by atoms with E-state index < -0.39 is 0 Å². The molecule has 0 atom stereocenters. The number of carbonyl (C=O) groups is 1. The number of amides is 1. The minimum absolute atomic E-state index is 0. The molecule has 0 aliphatic heterocycles. The van der Waals surface area contributed by atoms with Gasteiger partial charge in [-0.05, 0) is 31.6 Å². The first-order chi connectivity index (χ1) is 7.72. The van der Waals surface area contributed by atoms with Crippen LogP contribution in [-0.2, 0) is 9.53 Å². The Morgan fingerprint density at radius 3 is 2.38 bits per heavy atom. The average Bonchev–Trinajstić information content (AvgIpc) is 2.32. The Bertz CT molecular complexity index is 180. The van der Waals surface area contributed by atoms with Crippen LogP contribution in [0.4, 0.5) is 0 Å². The molecule has 0 heterocycles. The number of hydrogen-bond donors (Lipinski definition) is 1. The van der Waals surface area contributed by atoms with Crippen LogP contribution in [0.15, 0.2) is 0 Å². The molecule has 1 rings (SSSR count). The van der Waals surface area contributed by atoms with E-state index in [4.69, 9.17) is 4.74 Å². The van der Waals surface area contributed by atoms with Gasteiger partial charge >= 0.3 is 0 Å². The zero-order chi connectivity index (χ0) is 12.4. The van der Waals surface area contributed by atoms with Gasteiger partial charge in [0.1, 0.15) is 0 Å². The molecule has 1 saturated carbocycles. The van der Waals surface area contributed by atoms with E-state index in [1.54, 1.807) is 7.11 Å². The highest BCUT2D eigenvalue weighted by atomic mass is 16.5. The fourth-order valence-corrected chi connectivity index (χ4v) is 1.90. The number of nitrogens with one attached hydrogen (secondary N) is 1. The van der Waals surface area contributed by atoms with Crippen LogP contribution in [0.2, 0.25) is 0 Å². The molecule has 1 N–H and O–H groups in total. The molecule has 1 amide bonds. The Balaban J connectivity index is 0. The molecule has 1 aliphatic carbocycles. The van der Waals surface area contributed by atoms with Gasteiger partial charge in [0.05, 0.1) is 6.61 Å². The Morgan fingerprint density at radius 1 is 1.31 bits per heavy atom. The molecule has 1 aliphatic rings. The first-order valence-corrected chi connectivity index (χ1v) is 6.50. The minimum atomic E-state index is 0. The molecule has 3 heteroatoms. The molecule has 0 spiro atoms. The Hall–Kier alpha value is -0.570. The maximum Gasteiger partial charge on any atom is 0.222 e. The van der Waals surface area contributed by atoms with Crippen LogP contribution in [0, 0.1) is 5.92 Å². The summed E-state index contributed by atoms with van der Waals surface area (Å²) in [5, 5.41) is 3.06. The summed E-state index contributed by atoms with van der Waals surface area (Å²) in [6.07, 6.45) is 5.26. The van der Waals surface area contributed by atoms with Gasteiger partial charge in [0.2, 0.25) is 5.91 Å². The van der Waals surface area contributed by atoms with Gasteiger partial charge in [-0.25, -0.2) is 0 Å². The summed E-state index contributed by atoms with van der Waals surface area (Å²) >= 11 is 0. The molecule has 0 aromatic heterocycles. The lowest BCUT2D eigenvalue weighted by Crippen LogP contribution is -2.37. The molecule has 0 saturated heterocycles. The molecule has 0 aromatic carbocycles. The van der Waals surface area contributed by atoms with Crippen molar-refractivity contribution in [1.29, 1.82) is 0 Å². The molecule has 0 aromatic rings. The highest BCUT2D eigenvalue weighted by Gasteiger charge is 2.19. The fourth-order valence-electron chi connectivity index (χ4n) is 1.90. The van der Waals surface area contributed by atoms with E-state index in [9.17, 15) is 4.79 Å². The third kappa shape index (κ3) is 6.83. The van der Waals surface area contributed by atoms with Crippen molar-refractivity contribution in [3.8, 4) is 0 Å². The van der Waals surface area contributed by atoms with Gasteiger partial charge in [-0.15, -0.1) is 0 Å². The van der Waals surface area contributed by atoms with Crippen molar-refractivity contribution in [2.75, 3.05) is 13.7 Å². The maximum atomic E-state index is 11.4. The van der Waals surface area contributed by atoms with Gasteiger partial charge in [-0.1, -0.05) is 20.8 Å². The molecular weight excluding hydrogens is 202 g/mol. The Kier molecular flexibility index (Phi) is 9.30. The van der Waals surface area contributed by atoms with Crippen molar-refractivity contribution >= 4 is 5.91 Å². The van der Waals surface area contributed by atoms with E-state index in [0.29, 0.717) is 19.1 Å². The van der Waals surface area contributed by atoms with Gasteiger partial charge in [0, 0.05) is 21.0 Å². The zero-order valence-electron chi connectivity index (χ0n) is 11.2. The first kappa shape index (κ1) is 15.4. The highest BCUT2D eigenvalue weighted by molar-refractivity contribution is 5.76. The number of ether oxygens (including phenoxy) is 1. The summed E-state index contributed by atoms with van der Waals surface area (Å²) in [4.78, 5) is 11.4. The summed E-state index contributed by atoms with van der Waals surface area (Å²) in [5.74, 6) is 0.966. The van der Waals surface area contributed by atoms with E-state index in [0.717, 1.165) is 18.8 Å². The summed E-state index contributed by atoms with van der Waals surface area (Å²) in [6.45, 7) is 6.80. The lowest BCUT2D eigenvalue weighted by Gasteiger charge is -2.26. The molecule has 16 heavy (non-hydrogen) atoms. The van der Waals surface area contributed by atoms with Gasteiger partial charge < -0.3 is 10.1 Å². The van der Waals surface area contributed by atoms with Crippen molar-refractivity contribution in [3.05, 3.63) is 0 Å². The minimum Gasteiger partial charge on any atom is -0.384 e. The van der Waals surface area contributed by atoms with Crippen LogP contribution in [0.3, 0.4) is 0 Å². The summed E-state index contributed by atoms with van der Waals surface area (Å²) < 4.78 is 4.86. The molecular formula is C13H29NO2. The van der Waals surface area contributed by atoms with Gasteiger partial charge in [0.25, 0.3) is 0 Å². The first-order valence-electron chi connectivity index (χ1n) is 6.50. The molecule has 0 bridgehead atoms. The number of hydrogen-bond acceptors (Lipinski definition) is 2. The Labute approximate surface area is 101 Å². The second kappa shape index (κ2) is 9.64. The SMILES string of the molecule is CC.COCCC(=O)NC1CCC(C)CC1.[HH]. The largest absolute Gasteiger partial charge is 0.384 e. The summed E-state index contributed by atoms with van der Waals surface area (Å²) in [7, 11) is 1.62. The molecule has 3 nitrogen and oxygen atoms in total. The fraction of sp³-hybridized carbons (Fsp3) is 0.923. The smallest absolute Gasteiger partial charge is 0.222 e. The van der Waals surface area contributed by atoms with Gasteiger partial charge in [-0.2, -0.15) is 0 Å². The quantitative estimate of drug-likeness (QED) is 0.807. The molecule has 0 radical (unpaired) electrons. The second-order valence-corrected chi connectivity index (χ2v) is 4.27. The van der Waals surface area contributed by atoms with Crippen molar-refractivity contribution in [3.63, 3.8) is 0 Å². The van der Waals surface area contributed by atoms with Crippen molar-refractivity contribution in [2.24, 2.45) is 5.92 Å². The van der Waals surface area contributed by atoms with Crippen LogP contribution in [0.5, 0.6) is 0 Å². The lowest BCUT2D eigenvalue weighted by molar-refractivity contribution is -0.122. The van der Waals surface area contributed by atoms with Crippen LogP contribution in [0.25, 0.3) is 0 Å². The highest BCUT2D eigenvalue weighted by Crippen LogP contribution is 2.23. The van der Waals surface area contributed by atoms with Crippen molar-refractivity contribution in [2.45, 2.75) is 58.9 Å². The average molecular weight is 231 g/mol. The molecule has 98 valence electrons. The molecule has 1 fully saturated rings. The van der Waals surface area contributed by atoms with Gasteiger partial charge in [-0.3, -0.25) is 4.79 Å². The van der Waals surface area contributed by atoms with Crippen LogP contribution < -0.4 is 5.32 Å². The standard InChI is InChI=1S/C11H21NO2.C2H6.H2/c1-9-3-5-10(6-4-9)12-11(13)7-8-14-2;1-2;/h9-10H,3-8H2,1-2H3,(H,12,13);1-2H3;1H. The van der Waals surface area contributed by atoms with E-state index >= 15 is 0 Å². The predicted molar refractivity (Wildman–Crippen MR) is 69.5 cm³/mol. The predicted octanol–water partition coefficient (Wildman–Crippen LogP) is 2.99.